The number of carbonyl (C=O) groups is 1. The zero-order valence-electron chi connectivity index (χ0n) is 12.5. The van der Waals surface area contributed by atoms with Crippen molar-refractivity contribution in [2.24, 2.45) is 5.73 Å². The molecular weight excluding hydrogens is 294 g/mol. The van der Waals surface area contributed by atoms with Crippen LogP contribution in [0.5, 0.6) is 0 Å². The van der Waals surface area contributed by atoms with Crippen LogP contribution >= 0.6 is 0 Å². The third kappa shape index (κ3) is 3.07. The first-order valence-electron chi connectivity index (χ1n) is 7.38. The number of benzene rings is 2. The molecule has 0 bridgehead atoms. The van der Waals surface area contributed by atoms with Crippen molar-refractivity contribution in [2.45, 2.75) is 25.6 Å². The quantitative estimate of drug-likeness (QED) is 0.691. The van der Waals surface area contributed by atoms with Crippen molar-refractivity contribution in [3.63, 3.8) is 0 Å². The molecule has 0 fully saturated rings. The Labute approximate surface area is 133 Å². The van der Waals surface area contributed by atoms with Crippen LogP contribution in [0.2, 0.25) is 0 Å². The third-order valence-corrected chi connectivity index (χ3v) is 4.24. The summed E-state index contributed by atoms with van der Waals surface area (Å²) in [6.45, 7) is 0.870. The molecule has 0 radical (unpaired) electrons. The fourth-order valence-corrected chi connectivity index (χ4v) is 3.07. The van der Waals surface area contributed by atoms with Crippen LogP contribution in [0, 0.1) is 10.1 Å². The SMILES string of the molecule is NC(=O)C1Cc2ccccc2CN1Cc1ccccc1[N+](=O)[O-]. The Hall–Kier alpha value is -2.73. The second-order valence-corrected chi connectivity index (χ2v) is 5.68. The maximum Gasteiger partial charge on any atom is 0.273 e. The number of nitrogens with two attached hydrogens (primary N) is 1. The van der Waals surface area contributed by atoms with Crippen LogP contribution in [0.3, 0.4) is 0 Å². The Balaban J connectivity index is 1.92. The van der Waals surface area contributed by atoms with Gasteiger partial charge in [-0.25, -0.2) is 0 Å². The van der Waals surface area contributed by atoms with Gasteiger partial charge in [0, 0.05) is 24.7 Å². The lowest BCUT2D eigenvalue weighted by molar-refractivity contribution is -0.385. The largest absolute Gasteiger partial charge is 0.368 e. The summed E-state index contributed by atoms with van der Waals surface area (Å²) in [5.41, 5.74) is 8.44. The summed E-state index contributed by atoms with van der Waals surface area (Å²) in [7, 11) is 0. The van der Waals surface area contributed by atoms with E-state index in [4.69, 9.17) is 5.73 Å². The number of hydrogen-bond acceptors (Lipinski definition) is 4. The molecule has 2 aromatic rings. The molecule has 0 spiro atoms. The molecule has 0 aromatic heterocycles. The van der Waals surface area contributed by atoms with Gasteiger partial charge in [0.1, 0.15) is 0 Å². The minimum Gasteiger partial charge on any atom is -0.368 e. The van der Waals surface area contributed by atoms with Gasteiger partial charge in [-0.15, -0.1) is 0 Å². The van der Waals surface area contributed by atoms with Gasteiger partial charge in [0.05, 0.1) is 11.0 Å². The van der Waals surface area contributed by atoms with E-state index in [0.717, 1.165) is 11.1 Å². The molecule has 1 heterocycles. The van der Waals surface area contributed by atoms with E-state index in [2.05, 4.69) is 0 Å². The van der Waals surface area contributed by atoms with Crippen LogP contribution in [0.1, 0.15) is 16.7 Å². The minimum absolute atomic E-state index is 0.0644. The number of hydrogen-bond donors (Lipinski definition) is 1. The molecule has 6 heteroatoms. The van der Waals surface area contributed by atoms with Crippen LogP contribution in [0.25, 0.3) is 0 Å². The average molecular weight is 311 g/mol. The lowest BCUT2D eigenvalue weighted by Gasteiger charge is -2.34. The van der Waals surface area contributed by atoms with Gasteiger partial charge in [-0.2, -0.15) is 0 Å². The first kappa shape index (κ1) is 15.2. The van der Waals surface area contributed by atoms with Gasteiger partial charge < -0.3 is 5.73 Å². The van der Waals surface area contributed by atoms with Crippen LogP contribution in [-0.2, 0) is 24.3 Å². The van der Waals surface area contributed by atoms with Crippen molar-refractivity contribution in [1.82, 2.24) is 4.90 Å². The Morgan fingerprint density at radius 2 is 1.83 bits per heavy atom. The van der Waals surface area contributed by atoms with Gasteiger partial charge in [-0.1, -0.05) is 42.5 Å². The van der Waals surface area contributed by atoms with Crippen molar-refractivity contribution >= 4 is 11.6 Å². The number of carbonyl (C=O) groups excluding carboxylic acids is 1. The van der Waals surface area contributed by atoms with Gasteiger partial charge in [-0.05, 0) is 17.5 Å². The number of fused-ring (bicyclic) bond motifs is 1. The van der Waals surface area contributed by atoms with E-state index in [1.54, 1.807) is 18.2 Å². The molecule has 1 atom stereocenters. The number of rotatable bonds is 4. The van der Waals surface area contributed by atoms with Crippen LogP contribution in [0.4, 0.5) is 5.69 Å². The summed E-state index contributed by atoms with van der Waals surface area (Å²) < 4.78 is 0. The molecular formula is C17H17N3O3. The molecule has 2 N–H and O–H groups in total. The lowest BCUT2D eigenvalue weighted by Crippen LogP contribution is -2.48. The third-order valence-electron chi connectivity index (χ3n) is 4.24. The monoisotopic (exact) mass is 311 g/mol. The second kappa shape index (κ2) is 6.18. The Bertz CT molecular complexity index is 760. The van der Waals surface area contributed by atoms with E-state index in [1.165, 1.54) is 6.07 Å². The molecule has 1 aliphatic heterocycles. The summed E-state index contributed by atoms with van der Waals surface area (Å²) in [6, 6.07) is 14.0. The van der Waals surface area contributed by atoms with Gasteiger partial charge in [0.2, 0.25) is 5.91 Å². The van der Waals surface area contributed by atoms with Crippen LogP contribution in [-0.4, -0.2) is 21.8 Å². The first-order chi connectivity index (χ1) is 11.1. The number of nitrogens with zero attached hydrogens (tertiary/aromatic N) is 2. The van der Waals surface area contributed by atoms with Gasteiger partial charge in [-0.3, -0.25) is 19.8 Å². The molecule has 23 heavy (non-hydrogen) atoms. The smallest absolute Gasteiger partial charge is 0.273 e. The van der Waals surface area contributed by atoms with E-state index < -0.39 is 16.9 Å². The van der Waals surface area contributed by atoms with Gasteiger partial charge in [0.25, 0.3) is 5.69 Å². The zero-order valence-corrected chi connectivity index (χ0v) is 12.5. The maximum atomic E-state index is 11.8. The predicted molar refractivity (Wildman–Crippen MR) is 85.5 cm³/mol. The maximum absolute atomic E-state index is 11.8. The molecule has 118 valence electrons. The second-order valence-electron chi connectivity index (χ2n) is 5.68. The summed E-state index contributed by atoms with van der Waals surface area (Å²) >= 11 is 0. The van der Waals surface area contributed by atoms with Crippen molar-refractivity contribution in [3.8, 4) is 0 Å². The fourth-order valence-electron chi connectivity index (χ4n) is 3.07. The number of amides is 1. The topological polar surface area (TPSA) is 89.5 Å². The van der Waals surface area contributed by atoms with Crippen molar-refractivity contribution in [3.05, 3.63) is 75.3 Å². The van der Waals surface area contributed by atoms with Crippen molar-refractivity contribution in [2.75, 3.05) is 0 Å². The summed E-state index contributed by atoms with van der Waals surface area (Å²) in [4.78, 5) is 24.5. The Kier molecular flexibility index (Phi) is 4.08. The molecule has 1 aliphatic rings. The van der Waals surface area contributed by atoms with E-state index in [1.807, 2.05) is 29.2 Å². The zero-order chi connectivity index (χ0) is 16.4. The highest BCUT2D eigenvalue weighted by Crippen LogP contribution is 2.27. The minimum atomic E-state index is -0.454. The molecule has 1 amide bonds. The lowest BCUT2D eigenvalue weighted by atomic mass is 9.93. The number of primary amides is 1. The van der Waals surface area contributed by atoms with E-state index in [0.29, 0.717) is 25.1 Å². The highest BCUT2D eigenvalue weighted by atomic mass is 16.6. The van der Waals surface area contributed by atoms with E-state index in [9.17, 15) is 14.9 Å². The number of nitro groups is 1. The number of para-hydroxylation sites is 1. The first-order valence-corrected chi connectivity index (χ1v) is 7.38. The molecule has 2 aromatic carbocycles. The van der Waals surface area contributed by atoms with Gasteiger partial charge in [0.15, 0.2) is 0 Å². The normalized spacial score (nSPS) is 17.5. The summed E-state index contributed by atoms with van der Waals surface area (Å²) in [5.74, 6) is -0.405. The van der Waals surface area contributed by atoms with E-state index >= 15 is 0 Å². The predicted octanol–water partition coefficient (Wildman–Crippen LogP) is 2.01. The summed E-state index contributed by atoms with van der Waals surface area (Å²) in [6.07, 6.45) is 0.534. The molecule has 0 saturated carbocycles. The van der Waals surface area contributed by atoms with E-state index in [-0.39, 0.29) is 5.69 Å². The fraction of sp³-hybridized carbons (Fsp3) is 0.235. The molecule has 1 unspecified atom stereocenters. The number of nitro benzene ring substituents is 1. The standard InChI is InChI=1S/C17H17N3O3/c18-17(21)16-9-12-5-1-2-6-13(12)10-19(16)11-14-7-3-4-8-15(14)20(22)23/h1-8,16H,9-11H2,(H2,18,21). The highest BCUT2D eigenvalue weighted by molar-refractivity contribution is 5.80. The molecule has 3 rings (SSSR count). The van der Waals surface area contributed by atoms with Crippen molar-refractivity contribution < 1.29 is 9.72 Å². The molecule has 0 aliphatic carbocycles. The Morgan fingerprint density at radius 1 is 1.17 bits per heavy atom. The highest BCUT2D eigenvalue weighted by Gasteiger charge is 2.31. The van der Waals surface area contributed by atoms with Gasteiger partial charge >= 0.3 is 0 Å². The van der Waals surface area contributed by atoms with Crippen LogP contribution in [0.15, 0.2) is 48.5 Å². The van der Waals surface area contributed by atoms with Crippen molar-refractivity contribution in [1.29, 1.82) is 0 Å². The molecule has 6 nitrogen and oxygen atoms in total. The molecule has 0 saturated heterocycles. The Morgan fingerprint density at radius 3 is 2.52 bits per heavy atom. The summed E-state index contributed by atoms with van der Waals surface area (Å²) in [5, 5.41) is 11.2. The average Bonchev–Trinajstić information content (AvgIpc) is 2.54. The van der Waals surface area contributed by atoms with Crippen LogP contribution < -0.4 is 5.73 Å².